The van der Waals surface area contributed by atoms with E-state index in [9.17, 15) is 4.79 Å². The highest BCUT2D eigenvalue weighted by atomic mass is 35.5. The third-order valence-corrected chi connectivity index (χ3v) is 4.04. The lowest BCUT2D eigenvalue weighted by Gasteiger charge is -2.28. The highest BCUT2D eigenvalue weighted by Crippen LogP contribution is 2.32. The molecule has 1 aromatic heterocycles. The summed E-state index contributed by atoms with van der Waals surface area (Å²) in [7, 11) is 0. The zero-order valence-electron chi connectivity index (χ0n) is 14.0. The van der Waals surface area contributed by atoms with Gasteiger partial charge in [0.2, 0.25) is 11.7 Å². The molecule has 2 amide bonds. The molecule has 128 valence electrons. The Morgan fingerprint density at radius 1 is 1.42 bits per heavy atom. The maximum Gasteiger partial charge on any atom is 0.318 e. The van der Waals surface area contributed by atoms with Crippen LogP contribution in [0.3, 0.4) is 0 Å². The van der Waals surface area contributed by atoms with Gasteiger partial charge in [0, 0.05) is 22.7 Å². The monoisotopic (exact) mass is 348 g/mol. The largest absolute Gasteiger partial charge is 0.337 e. The standard InChI is InChI=1S/C17H21ClN4O2/c1-17(2,3)20-16(23)22-9-5-8-13(22)15-19-14(21-24-15)11-6-4-7-12(18)10-11/h4,6-7,10,13H,5,8-9H2,1-3H3,(H,20,23). The predicted octanol–water partition coefficient (Wildman–Crippen LogP) is 4.04. The number of nitrogens with zero attached hydrogens (tertiary/aromatic N) is 3. The highest BCUT2D eigenvalue weighted by Gasteiger charge is 2.35. The normalized spacial score (nSPS) is 18.0. The Kier molecular flexibility index (Phi) is 4.49. The summed E-state index contributed by atoms with van der Waals surface area (Å²) in [6.45, 7) is 6.56. The predicted molar refractivity (Wildman–Crippen MR) is 91.7 cm³/mol. The molecule has 6 nitrogen and oxygen atoms in total. The number of carbonyl (C=O) groups excluding carboxylic acids is 1. The maximum absolute atomic E-state index is 12.5. The van der Waals surface area contributed by atoms with Gasteiger partial charge in [-0.15, -0.1) is 0 Å². The molecular formula is C17H21ClN4O2. The van der Waals surface area contributed by atoms with Crippen molar-refractivity contribution in [1.29, 1.82) is 0 Å². The quantitative estimate of drug-likeness (QED) is 0.889. The summed E-state index contributed by atoms with van der Waals surface area (Å²) < 4.78 is 5.43. The van der Waals surface area contributed by atoms with E-state index in [4.69, 9.17) is 16.1 Å². The molecule has 24 heavy (non-hydrogen) atoms. The molecule has 2 aromatic rings. The smallest absolute Gasteiger partial charge is 0.318 e. The van der Waals surface area contributed by atoms with Crippen LogP contribution >= 0.6 is 11.6 Å². The van der Waals surface area contributed by atoms with Crippen molar-refractivity contribution in [2.24, 2.45) is 0 Å². The van der Waals surface area contributed by atoms with E-state index in [2.05, 4.69) is 15.5 Å². The first-order chi connectivity index (χ1) is 11.3. The second-order valence-corrected chi connectivity index (χ2v) is 7.43. The average molecular weight is 349 g/mol. The summed E-state index contributed by atoms with van der Waals surface area (Å²) in [5.74, 6) is 0.946. The van der Waals surface area contributed by atoms with Gasteiger partial charge in [0.25, 0.3) is 0 Å². The first kappa shape index (κ1) is 16.8. The molecule has 1 aliphatic rings. The molecule has 0 bridgehead atoms. The van der Waals surface area contributed by atoms with Gasteiger partial charge < -0.3 is 14.7 Å². The fraction of sp³-hybridized carbons (Fsp3) is 0.471. The number of aromatic nitrogens is 2. The molecule has 1 N–H and O–H groups in total. The van der Waals surface area contributed by atoms with Crippen molar-refractivity contribution in [3.05, 3.63) is 35.2 Å². The fourth-order valence-corrected chi connectivity index (χ4v) is 2.96. The Morgan fingerprint density at radius 2 is 2.21 bits per heavy atom. The molecule has 0 aliphatic carbocycles. The fourth-order valence-electron chi connectivity index (χ4n) is 2.77. The molecule has 1 unspecified atom stereocenters. The summed E-state index contributed by atoms with van der Waals surface area (Å²) in [6, 6.07) is 7.00. The topological polar surface area (TPSA) is 71.3 Å². The van der Waals surface area contributed by atoms with Gasteiger partial charge in [0.15, 0.2) is 0 Å². The van der Waals surface area contributed by atoms with Gasteiger partial charge in [0.1, 0.15) is 6.04 Å². The van der Waals surface area contributed by atoms with E-state index < -0.39 is 0 Å². The van der Waals surface area contributed by atoms with Gasteiger partial charge in [-0.1, -0.05) is 28.9 Å². The van der Waals surface area contributed by atoms with Crippen molar-refractivity contribution in [2.75, 3.05) is 6.54 Å². The number of benzene rings is 1. The van der Waals surface area contributed by atoms with Crippen LogP contribution in [0.5, 0.6) is 0 Å². The van der Waals surface area contributed by atoms with E-state index in [1.54, 1.807) is 17.0 Å². The SMILES string of the molecule is CC(C)(C)NC(=O)N1CCCC1c1nc(-c2cccc(Cl)c2)no1. The number of hydrogen-bond donors (Lipinski definition) is 1. The van der Waals surface area contributed by atoms with Gasteiger partial charge in [-0.05, 0) is 45.7 Å². The molecule has 0 radical (unpaired) electrons. The molecule has 1 aromatic carbocycles. The summed E-state index contributed by atoms with van der Waals surface area (Å²) in [4.78, 5) is 18.7. The first-order valence-electron chi connectivity index (χ1n) is 8.02. The minimum atomic E-state index is -0.287. The summed E-state index contributed by atoms with van der Waals surface area (Å²) in [6.07, 6.45) is 1.73. The third kappa shape index (κ3) is 3.70. The van der Waals surface area contributed by atoms with Crippen LogP contribution in [0.15, 0.2) is 28.8 Å². The highest BCUT2D eigenvalue weighted by molar-refractivity contribution is 6.30. The molecular weight excluding hydrogens is 328 g/mol. The van der Waals surface area contributed by atoms with Crippen LogP contribution in [0.4, 0.5) is 4.79 Å². The van der Waals surface area contributed by atoms with E-state index in [0.717, 1.165) is 18.4 Å². The van der Waals surface area contributed by atoms with E-state index in [0.29, 0.717) is 23.3 Å². The minimum Gasteiger partial charge on any atom is -0.337 e. The number of likely N-dealkylation sites (tertiary alicyclic amines) is 1. The van der Waals surface area contributed by atoms with Crippen molar-refractivity contribution in [3.63, 3.8) is 0 Å². The number of rotatable bonds is 2. The van der Waals surface area contributed by atoms with Crippen LogP contribution in [-0.2, 0) is 0 Å². The number of halogens is 1. The second kappa shape index (κ2) is 6.43. The van der Waals surface area contributed by atoms with Crippen LogP contribution in [0.25, 0.3) is 11.4 Å². The van der Waals surface area contributed by atoms with Crippen molar-refractivity contribution in [2.45, 2.75) is 45.2 Å². The Bertz CT molecular complexity index is 738. The molecule has 0 spiro atoms. The Hall–Kier alpha value is -2.08. The molecule has 3 rings (SSSR count). The lowest BCUT2D eigenvalue weighted by atomic mass is 10.1. The molecule has 1 saturated heterocycles. The van der Waals surface area contributed by atoms with Gasteiger partial charge in [-0.25, -0.2) is 4.79 Å². The van der Waals surface area contributed by atoms with E-state index in [1.165, 1.54) is 0 Å². The number of hydrogen-bond acceptors (Lipinski definition) is 4. The lowest BCUT2D eigenvalue weighted by molar-refractivity contribution is 0.172. The minimum absolute atomic E-state index is 0.104. The maximum atomic E-state index is 12.5. The Labute approximate surface area is 146 Å². The van der Waals surface area contributed by atoms with Crippen LogP contribution < -0.4 is 5.32 Å². The first-order valence-corrected chi connectivity index (χ1v) is 8.39. The van der Waals surface area contributed by atoms with E-state index in [-0.39, 0.29) is 17.6 Å². The molecule has 7 heteroatoms. The average Bonchev–Trinajstić information content (AvgIpc) is 3.14. The van der Waals surface area contributed by atoms with Gasteiger partial charge in [-0.3, -0.25) is 0 Å². The lowest BCUT2D eigenvalue weighted by Crippen LogP contribution is -2.48. The van der Waals surface area contributed by atoms with Crippen LogP contribution in [-0.4, -0.2) is 33.2 Å². The zero-order chi connectivity index (χ0) is 17.3. The van der Waals surface area contributed by atoms with Crippen molar-refractivity contribution >= 4 is 17.6 Å². The van der Waals surface area contributed by atoms with Crippen LogP contribution in [0.1, 0.15) is 45.5 Å². The molecule has 0 saturated carbocycles. The summed E-state index contributed by atoms with van der Waals surface area (Å²) in [5.41, 5.74) is 0.506. The van der Waals surface area contributed by atoms with Crippen molar-refractivity contribution < 1.29 is 9.32 Å². The van der Waals surface area contributed by atoms with Gasteiger partial charge in [0.05, 0.1) is 0 Å². The van der Waals surface area contributed by atoms with E-state index >= 15 is 0 Å². The molecule has 1 aliphatic heterocycles. The Morgan fingerprint density at radius 3 is 2.92 bits per heavy atom. The zero-order valence-corrected chi connectivity index (χ0v) is 14.8. The second-order valence-electron chi connectivity index (χ2n) is 7.00. The third-order valence-electron chi connectivity index (χ3n) is 3.81. The molecule has 1 atom stereocenters. The number of urea groups is 1. The number of nitrogens with one attached hydrogen (secondary N) is 1. The van der Waals surface area contributed by atoms with Crippen LogP contribution in [0.2, 0.25) is 5.02 Å². The summed E-state index contributed by atoms with van der Waals surface area (Å²) in [5, 5.41) is 7.64. The Balaban J connectivity index is 1.80. The molecule has 1 fully saturated rings. The molecule has 2 heterocycles. The van der Waals surface area contributed by atoms with Crippen molar-refractivity contribution in [3.8, 4) is 11.4 Å². The van der Waals surface area contributed by atoms with Gasteiger partial charge in [-0.2, -0.15) is 4.98 Å². The van der Waals surface area contributed by atoms with Crippen molar-refractivity contribution in [1.82, 2.24) is 20.4 Å². The van der Waals surface area contributed by atoms with Gasteiger partial charge >= 0.3 is 6.03 Å². The number of carbonyl (C=O) groups is 1. The van der Waals surface area contributed by atoms with Crippen LogP contribution in [0, 0.1) is 0 Å². The number of amides is 2. The van der Waals surface area contributed by atoms with E-state index in [1.807, 2.05) is 32.9 Å². The summed E-state index contributed by atoms with van der Waals surface area (Å²) >= 11 is 6.01.